The van der Waals surface area contributed by atoms with E-state index in [-0.39, 0.29) is 0 Å². The lowest BCUT2D eigenvalue weighted by molar-refractivity contribution is 0.419. The van der Waals surface area contributed by atoms with Crippen LogP contribution in [0.3, 0.4) is 0 Å². The van der Waals surface area contributed by atoms with Crippen molar-refractivity contribution in [3.8, 4) is 0 Å². The number of rotatable bonds is 7. The van der Waals surface area contributed by atoms with Crippen molar-refractivity contribution < 1.29 is 0 Å². The van der Waals surface area contributed by atoms with E-state index >= 15 is 0 Å². The molecule has 22 heavy (non-hydrogen) atoms. The molecule has 7 heteroatoms. The first-order valence-corrected chi connectivity index (χ1v) is 11.0. The van der Waals surface area contributed by atoms with Gasteiger partial charge in [0.1, 0.15) is 4.34 Å². The van der Waals surface area contributed by atoms with Crippen molar-refractivity contribution in [2.45, 2.75) is 47.7 Å². The summed E-state index contributed by atoms with van der Waals surface area (Å²) in [5.41, 5.74) is 0. The number of thiazole rings is 1. The second-order valence-corrected chi connectivity index (χ2v) is 8.74. The van der Waals surface area contributed by atoms with E-state index in [4.69, 9.17) is 0 Å². The van der Waals surface area contributed by atoms with Gasteiger partial charge in [-0.3, -0.25) is 4.99 Å². The second kappa shape index (κ2) is 10.4. The maximum Gasteiger partial charge on any atom is 0.191 e. The molecule has 0 aliphatic heterocycles. The third-order valence-corrected chi connectivity index (χ3v) is 6.92. The normalized spacial score (nSPS) is 22.5. The van der Waals surface area contributed by atoms with E-state index in [1.165, 1.54) is 25.7 Å². The molecule has 1 aliphatic rings. The fraction of sp³-hybridized carbons (Fsp3) is 0.733. The summed E-state index contributed by atoms with van der Waals surface area (Å²) in [6, 6.07) is 0.571. The van der Waals surface area contributed by atoms with Crippen LogP contribution in [-0.4, -0.2) is 47.8 Å². The van der Waals surface area contributed by atoms with Crippen LogP contribution in [0, 0.1) is 0 Å². The molecule has 1 aromatic rings. The van der Waals surface area contributed by atoms with Crippen molar-refractivity contribution in [1.29, 1.82) is 0 Å². The zero-order valence-electron chi connectivity index (χ0n) is 13.4. The molecule has 0 bridgehead atoms. The van der Waals surface area contributed by atoms with Gasteiger partial charge in [0.2, 0.25) is 0 Å². The summed E-state index contributed by atoms with van der Waals surface area (Å²) in [6.45, 7) is 0.955. The minimum Gasteiger partial charge on any atom is -0.356 e. The molecule has 1 heterocycles. The predicted octanol–water partition coefficient (Wildman–Crippen LogP) is 3.46. The fourth-order valence-electron chi connectivity index (χ4n) is 2.60. The number of thioether (sulfide) groups is 2. The lowest BCUT2D eigenvalue weighted by atomic mass is 9.95. The highest BCUT2D eigenvalue weighted by Crippen LogP contribution is 2.26. The van der Waals surface area contributed by atoms with Gasteiger partial charge >= 0.3 is 0 Å². The molecule has 124 valence electrons. The standard InChI is InChI=1S/C15H26N4S3/c1-16-14(19-12-5-3-6-13(11-12)20-2)17-7-4-9-21-15-18-8-10-22-15/h8,10,12-13H,3-7,9,11H2,1-2H3,(H2,16,17,19). The Bertz CT molecular complexity index is 436. The zero-order valence-corrected chi connectivity index (χ0v) is 15.8. The first-order chi connectivity index (χ1) is 10.8. The van der Waals surface area contributed by atoms with E-state index in [0.717, 1.165) is 34.3 Å². The highest BCUT2D eigenvalue weighted by atomic mass is 32.2. The van der Waals surface area contributed by atoms with Crippen LogP contribution in [-0.2, 0) is 0 Å². The summed E-state index contributed by atoms with van der Waals surface area (Å²) < 4.78 is 1.16. The van der Waals surface area contributed by atoms with E-state index in [9.17, 15) is 0 Å². The Morgan fingerprint density at radius 1 is 1.50 bits per heavy atom. The summed E-state index contributed by atoms with van der Waals surface area (Å²) in [4.78, 5) is 8.63. The molecule has 1 aliphatic carbocycles. The monoisotopic (exact) mass is 358 g/mol. The van der Waals surface area contributed by atoms with Crippen molar-refractivity contribution in [1.82, 2.24) is 15.6 Å². The fourth-order valence-corrected chi connectivity index (χ4v) is 5.07. The molecule has 0 spiro atoms. The quantitative estimate of drug-likeness (QED) is 0.338. The maximum atomic E-state index is 4.35. The lowest BCUT2D eigenvalue weighted by Crippen LogP contribution is -2.45. The number of guanidine groups is 1. The van der Waals surface area contributed by atoms with Gasteiger partial charge in [-0.2, -0.15) is 11.8 Å². The van der Waals surface area contributed by atoms with Crippen LogP contribution in [0.5, 0.6) is 0 Å². The molecule has 1 fully saturated rings. The molecule has 2 unspecified atom stereocenters. The van der Waals surface area contributed by atoms with Crippen LogP contribution in [0.25, 0.3) is 0 Å². The molecule has 0 aromatic carbocycles. The third kappa shape index (κ3) is 6.38. The molecule has 1 saturated carbocycles. The Kier molecular flexibility index (Phi) is 8.47. The van der Waals surface area contributed by atoms with Crippen LogP contribution in [0.1, 0.15) is 32.1 Å². The zero-order chi connectivity index (χ0) is 15.6. The van der Waals surface area contributed by atoms with Crippen LogP contribution < -0.4 is 10.6 Å². The molecule has 0 amide bonds. The highest BCUT2D eigenvalue weighted by Gasteiger charge is 2.21. The Balaban J connectivity index is 1.60. The Hall–Kier alpha value is -0.400. The number of hydrogen-bond acceptors (Lipinski definition) is 5. The molecule has 2 atom stereocenters. The average molecular weight is 359 g/mol. The number of nitrogens with zero attached hydrogens (tertiary/aromatic N) is 2. The highest BCUT2D eigenvalue weighted by molar-refractivity contribution is 8.01. The largest absolute Gasteiger partial charge is 0.356 e. The topological polar surface area (TPSA) is 49.3 Å². The molecule has 0 radical (unpaired) electrons. The number of nitrogens with one attached hydrogen (secondary N) is 2. The van der Waals surface area contributed by atoms with Gasteiger partial charge in [-0.25, -0.2) is 4.98 Å². The molecule has 2 rings (SSSR count). The van der Waals surface area contributed by atoms with Gasteiger partial charge < -0.3 is 10.6 Å². The number of aromatic nitrogens is 1. The van der Waals surface area contributed by atoms with Crippen LogP contribution in [0.15, 0.2) is 20.9 Å². The summed E-state index contributed by atoms with van der Waals surface area (Å²) >= 11 is 5.54. The van der Waals surface area contributed by atoms with Gasteiger partial charge in [-0.05, 0) is 31.9 Å². The Labute approximate surface area is 146 Å². The Morgan fingerprint density at radius 2 is 2.41 bits per heavy atom. The third-order valence-electron chi connectivity index (χ3n) is 3.77. The molecule has 1 aromatic heterocycles. The van der Waals surface area contributed by atoms with Crippen molar-refractivity contribution in [3.63, 3.8) is 0 Å². The van der Waals surface area contributed by atoms with Crippen molar-refractivity contribution >= 4 is 40.8 Å². The summed E-state index contributed by atoms with van der Waals surface area (Å²) in [6.07, 6.45) is 10.4. The lowest BCUT2D eigenvalue weighted by Gasteiger charge is -2.29. The molecule has 0 saturated heterocycles. The van der Waals surface area contributed by atoms with Crippen molar-refractivity contribution in [3.05, 3.63) is 11.6 Å². The van der Waals surface area contributed by atoms with Gasteiger partial charge in [0.15, 0.2) is 5.96 Å². The van der Waals surface area contributed by atoms with Gasteiger partial charge in [-0.15, -0.1) is 11.3 Å². The minimum absolute atomic E-state index is 0.571. The van der Waals surface area contributed by atoms with Crippen LogP contribution >= 0.6 is 34.9 Å². The van der Waals surface area contributed by atoms with E-state index in [1.807, 2.05) is 42.1 Å². The second-order valence-electron chi connectivity index (χ2n) is 5.36. The van der Waals surface area contributed by atoms with Crippen LogP contribution in [0.2, 0.25) is 0 Å². The van der Waals surface area contributed by atoms with Crippen LogP contribution in [0.4, 0.5) is 0 Å². The van der Waals surface area contributed by atoms with E-state index in [1.54, 1.807) is 11.3 Å². The van der Waals surface area contributed by atoms with E-state index in [0.29, 0.717) is 6.04 Å². The summed E-state index contributed by atoms with van der Waals surface area (Å²) in [5, 5.41) is 9.85. The SMILES string of the molecule is CN=C(NCCCSc1nccs1)NC1CCCC(SC)C1. The molecule has 2 N–H and O–H groups in total. The smallest absolute Gasteiger partial charge is 0.191 e. The molecular weight excluding hydrogens is 332 g/mol. The van der Waals surface area contributed by atoms with Gasteiger partial charge in [0.05, 0.1) is 0 Å². The summed E-state index contributed by atoms with van der Waals surface area (Å²) in [7, 11) is 1.86. The summed E-state index contributed by atoms with van der Waals surface area (Å²) in [5.74, 6) is 2.04. The van der Waals surface area contributed by atoms with Gasteiger partial charge in [-0.1, -0.05) is 18.2 Å². The first kappa shape index (κ1) is 17.9. The average Bonchev–Trinajstić information content (AvgIpc) is 3.07. The van der Waals surface area contributed by atoms with Crippen molar-refractivity contribution in [2.24, 2.45) is 4.99 Å². The van der Waals surface area contributed by atoms with E-state index < -0.39 is 0 Å². The minimum atomic E-state index is 0.571. The van der Waals surface area contributed by atoms with Gasteiger partial charge in [0.25, 0.3) is 0 Å². The predicted molar refractivity (Wildman–Crippen MR) is 102 cm³/mol. The Morgan fingerprint density at radius 3 is 3.14 bits per heavy atom. The molecule has 4 nitrogen and oxygen atoms in total. The number of aliphatic imine (C=N–C) groups is 1. The maximum absolute atomic E-state index is 4.35. The molecular formula is C15H26N4S3. The van der Waals surface area contributed by atoms with Gasteiger partial charge in [0, 0.05) is 42.2 Å². The first-order valence-electron chi connectivity index (χ1n) is 7.84. The van der Waals surface area contributed by atoms with E-state index in [2.05, 4.69) is 26.9 Å². The number of hydrogen-bond donors (Lipinski definition) is 2. The van der Waals surface area contributed by atoms with Crippen molar-refractivity contribution in [2.75, 3.05) is 25.6 Å².